The summed E-state index contributed by atoms with van der Waals surface area (Å²) in [6, 6.07) is 5.32. The number of fused-ring (bicyclic) bond motifs is 2. The molecule has 1 saturated heterocycles. The number of nitrogens with one attached hydrogen (secondary N) is 1. The Kier molecular flexibility index (Phi) is 5.18. The van der Waals surface area contributed by atoms with Crippen LogP contribution in [0.4, 0.5) is 10.5 Å². The maximum absolute atomic E-state index is 13.3. The molecule has 1 aromatic carbocycles. The number of nitrogens with zero attached hydrogens (tertiary/aromatic N) is 3. The number of anilines is 1. The van der Waals surface area contributed by atoms with Gasteiger partial charge in [-0.3, -0.25) is 4.79 Å². The van der Waals surface area contributed by atoms with Gasteiger partial charge in [-0.1, -0.05) is 32.9 Å². The Hall–Kier alpha value is -2.13. The molecule has 1 N–H and O–H groups in total. The van der Waals surface area contributed by atoms with Crippen molar-refractivity contribution in [3.8, 4) is 0 Å². The lowest BCUT2D eigenvalue weighted by atomic mass is 9.91. The third-order valence-electron chi connectivity index (χ3n) is 4.94. The summed E-state index contributed by atoms with van der Waals surface area (Å²) < 4.78 is 28.6. The molecule has 0 saturated carbocycles. The molecule has 3 rings (SSSR count). The fraction of sp³-hybridized carbons (Fsp3) is 0.579. The zero-order valence-corrected chi connectivity index (χ0v) is 17.8. The van der Waals surface area contributed by atoms with Crippen molar-refractivity contribution in [1.82, 2.24) is 14.5 Å². The van der Waals surface area contributed by atoms with Crippen molar-refractivity contribution in [3.05, 3.63) is 24.3 Å². The second-order valence-corrected chi connectivity index (χ2v) is 10.5. The Morgan fingerprint density at radius 1 is 1.18 bits per heavy atom. The number of rotatable bonds is 1. The summed E-state index contributed by atoms with van der Waals surface area (Å²) >= 11 is 0. The van der Waals surface area contributed by atoms with Gasteiger partial charge in [-0.05, 0) is 17.5 Å². The van der Waals surface area contributed by atoms with E-state index in [1.54, 1.807) is 42.1 Å². The summed E-state index contributed by atoms with van der Waals surface area (Å²) in [5.41, 5.74) is 0.119. The predicted octanol–water partition coefficient (Wildman–Crippen LogP) is 1.48. The average Bonchev–Trinajstić information content (AvgIpc) is 2.92. The lowest BCUT2D eigenvalue weighted by molar-refractivity contribution is -0.120. The van der Waals surface area contributed by atoms with Gasteiger partial charge in [0.05, 0.1) is 17.8 Å². The van der Waals surface area contributed by atoms with Gasteiger partial charge in [0.2, 0.25) is 15.9 Å². The number of urea groups is 1. The van der Waals surface area contributed by atoms with Crippen LogP contribution in [0.3, 0.4) is 0 Å². The van der Waals surface area contributed by atoms with Crippen molar-refractivity contribution in [2.75, 3.05) is 32.1 Å². The fourth-order valence-corrected chi connectivity index (χ4v) is 5.24. The molecule has 2 aliphatic rings. The zero-order valence-electron chi connectivity index (χ0n) is 17.0. The Bertz CT molecular complexity index is 891. The summed E-state index contributed by atoms with van der Waals surface area (Å²) in [4.78, 5) is 30.5. The number of carbonyl (C=O) groups excluding carboxylic acids is 2. The van der Waals surface area contributed by atoms with Crippen molar-refractivity contribution < 1.29 is 18.0 Å². The van der Waals surface area contributed by atoms with E-state index in [1.165, 1.54) is 11.0 Å². The minimum absolute atomic E-state index is 0.0946. The molecule has 0 spiro atoms. The van der Waals surface area contributed by atoms with Crippen LogP contribution in [0.5, 0.6) is 0 Å². The van der Waals surface area contributed by atoms with Gasteiger partial charge in [0.15, 0.2) is 0 Å². The Morgan fingerprint density at radius 2 is 1.82 bits per heavy atom. The van der Waals surface area contributed by atoms with Crippen LogP contribution >= 0.6 is 0 Å². The van der Waals surface area contributed by atoms with Crippen LogP contribution < -0.4 is 9.62 Å². The number of amides is 3. The number of benzene rings is 1. The minimum atomic E-state index is -3.81. The number of carbonyl (C=O) groups is 2. The molecule has 0 aliphatic carbocycles. The molecule has 2 atom stereocenters. The van der Waals surface area contributed by atoms with Gasteiger partial charge >= 0.3 is 6.03 Å². The molecule has 1 fully saturated rings. The van der Waals surface area contributed by atoms with E-state index in [-0.39, 0.29) is 41.8 Å². The van der Waals surface area contributed by atoms with E-state index in [0.717, 1.165) is 0 Å². The maximum atomic E-state index is 13.3. The van der Waals surface area contributed by atoms with Crippen LogP contribution in [0, 0.1) is 5.41 Å². The lowest BCUT2D eigenvalue weighted by Crippen LogP contribution is -2.51. The third kappa shape index (κ3) is 3.86. The van der Waals surface area contributed by atoms with Crippen LogP contribution in [0.1, 0.15) is 27.2 Å². The smallest absolute Gasteiger partial charge is 0.319 e. The van der Waals surface area contributed by atoms with E-state index in [2.05, 4.69) is 4.72 Å². The van der Waals surface area contributed by atoms with E-state index >= 15 is 0 Å². The standard InChI is InChI=1S/C19H28N4O4S/c1-19(2,3)10-17(24)23-14-8-6-7-9-16(14)28(26,27)20-13-11-22(12-15(13)23)18(25)21(4)5/h6-9,13,15,20H,10-12H2,1-5H3/t13-,15-/m1/s1. The molecular weight excluding hydrogens is 380 g/mol. The SMILES string of the molecule is CN(C)C(=O)N1C[C@@H]2[C@@H](C1)NS(=O)(=O)c1ccccc1N2C(=O)CC(C)(C)C. The Morgan fingerprint density at radius 3 is 2.43 bits per heavy atom. The number of sulfonamides is 1. The fourth-order valence-electron chi connectivity index (χ4n) is 3.79. The molecule has 0 bridgehead atoms. The summed E-state index contributed by atoms with van der Waals surface area (Å²) in [5, 5.41) is 0. The van der Waals surface area contributed by atoms with Crippen molar-refractivity contribution in [3.63, 3.8) is 0 Å². The second-order valence-electron chi connectivity index (χ2n) is 8.85. The molecule has 28 heavy (non-hydrogen) atoms. The first-order valence-electron chi connectivity index (χ1n) is 9.30. The van der Waals surface area contributed by atoms with Crippen molar-refractivity contribution in [2.45, 2.75) is 44.2 Å². The molecular formula is C19H28N4O4S. The van der Waals surface area contributed by atoms with Gasteiger partial charge in [0.1, 0.15) is 4.90 Å². The highest BCUT2D eigenvalue weighted by molar-refractivity contribution is 7.89. The van der Waals surface area contributed by atoms with Gasteiger partial charge < -0.3 is 14.7 Å². The molecule has 0 unspecified atom stereocenters. The van der Waals surface area contributed by atoms with E-state index in [0.29, 0.717) is 5.69 Å². The molecule has 0 radical (unpaired) electrons. The van der Waals surface area contributed by atoms with Crippen LogP contribution in [0.25, 0.3) is 0 Å². The van der Waals surface area contributed by atoms with E-state index < -0.39 is 22.1 Å². The van der Waals surface area contributed by atoms with Crippen LogP contribution in [0.2, 0.25) is 0 Å². The van der Waals surface area contributed by atoms with Gasteiger partial charge in [-0.25, -0.2) is 17.9 Å². The molecule has 154 valence electrons. The summed E-state index contributed by atoms with van der Waals surface area (Å²) in [6.45, 7) is 6.40. The summed E-state index contributed by atoms with van der Waals surface area (Å²) in [7, 11) is -0.505. The minimum Gasteiger partial charge on any atom is -0.331 e. The largest absolute Gasteiger partial charge is 0.331 e. The van der Waals surface area contributed by atoms with E-state index in [4.69, 9.17) is 0 Å². The van der Waals surface area contributed by atoms with Crippen molar-refractivity contribution in [1.29, 1.82) is 0 Å². The van der Waals surface area contributed by atoms with Crippen LogP contribution in [-0.2, 0) is 14.8 Å². The van der Waals surface area contributed by atoms with E-state index in [9.17, 15) is 18.0 Å². The van der Waals surface area contributed by atoms with Crippen LogP contribution in [-0.4, -0.2) is 69.4 Å². The number of hydrogen-bond acceptors (Lipinski definition) is 4. The molecule has 9 heteroatoms. The first kappa shape index (κ1) is 20.6. The number of likely N-dealkylation sites (tertiary alicyclic amines) is 1. The number of para-hydroxylation sites is 1. The lowest BCUT2D eigenvalue weighted by Gasteiger charge is -2.32. The van der Waals surface area contributed by atoms with Gasteiger partial charge in [-0.2, -0.15) is 0 Å². The number of hydrogen-bond donors (Lipinski definition) is 1. The van der Waals surface area contributed by atoms with Crippen molar-refractivity contribution >= 4 is 27.6 Å². The highest BCUT2D eigenvalue weighted by Crippen LogP contribution is 2.35. The Labute approximate surface area is 166 Å². The zero-order chi connectivity index (χ0) is 20.9. The van der Waals surface area contributed by atoms with Gasteiger partial charge in [0.25, 0.3) is 0 Å². The molecule has 2 heterocycles. The first-order chi connectivity index (χ1) is 12.9. The topological polar surface area (TPSA) is 90.0 Å². The molecule has 1 aromatic rings. The predicted molar refractivity (Wildman–Crippen MR) is 107 cm³/mol. The van der Waals surface area contributed by atoms with Gasteiger partial charge in [0, 0.05) is 33.6 Å². The van der Waals surface area contributed by atoms with Crippen molar-refractivity contribution in [2.24, 2.45) is 5.41 Å². The molecule has 0 aromatic heterocycles. The highest BCUT2D eigenvalue weighted by Gasteiger charge is 2.47. The summed E-state index contributed by atoms with van der Waals surface area (Å²) in [6.07, 6.45) is 0.270. The van der Waals surface area contributed by atoms with Gasteiger partial charge in [-0.15, -0.1) is 0 Å². The molecule has 3 amide bonds. The Balaban J connectivity index is 2.09. The highest BCUT2D eigenvalue weighted by atomic mass is 32.2. The quantitative estimate of drug-likeness (QED) is 0.762. The second kappa shape index (κ2) is 7.04. The monoisotopic (exact) mass is 408 g/mol. The first-order valence-corrected chi connectivity index (χ1v) is 10.8. The average molecular weight is 409 g/mol. The summed E-state index contributed by atoms with van der Waals surface area (Å²) in [5.74, 6) is -0.145. The third-order valence-corrected chi connectivity index (χ3v) is 6.48. The van der Waals surface area contributed by atoms with Crippen LogP contribution in [0.15, 0.2) is 29.2 Å². The molecule has 8 nitrogen and oxygen atoms in total. The van der Waals surface area contributed by atoms with E-state index in [1.807, 2.05) is 20.8 Å². The normalized spacial score (nSPS) is 23.6. The maximum Gasteiger partial charge on any atom is 0.319 e. The molecule has 2 aliphatic heterocycles.